The predicted octanol–water partition coefficient (Wildman–Crippen LogP) is 4.50. The van der Waals surface area contributed by atoms with Gasteiger partial charge in [0.15, 0.2) is 0 Å². The second-order valence-corrected chi connectivity index (χ2v) is 7.06. The Bertz CT molecular complexity index is 519. The van der Waals surface area contributed by atoms with Crippen molar-refractivity contribution in [3.8, 4) is 0 Å². The molecule has 0 aliphatic rings. The lowest BCUT2D eigenvalue weighted by Crippen LogP contribution is -2.48. The molecule has 1 atom stereocenters. The quantitative estimate of drug-likeness (QED) is 0.658. The van der Waals surface area contributed by atoms with Gasteiger partial charge in [0.05, 0.1) is 6.54 Å². The first-order valence-electron chi connectivity index (χ1n) is 8.84. The average molecular weight is 333 g/mol. The molecule has 1 amide bonds. The Balaban J connectivity index is 3.03. The molecule has 4 heteroatoms. The fourth-order valence-electron chi connectivity index (χ4n) is 2.56. The van der Waals surface area contributed by atoms with Gasteiger partial charge in [-0.05, 0) is 39.2 Å². The minimum Gasteiger partial charge on any atom is -0.456 e. The van der Waals surface area contributed by atoms with E-state index in [4.69, 9.17) is 4.74 Å². The highest BCUT2D eigenvalue weighted by Crippen LogP contribution is 2.25. The zero-order chi connectivity index (χ0) is 18.2. The average Bonchev–Trinajstić information content (AvgIpc) is 2.51. The van der Waals surface area contributed by atoms with Crippen LogP contribution in [0, 0.1) is 0 Å². The number of benzene rings is 1. The zero-order valence-electron chi connectivity index (χ0n) is 15.7. The lowest BCUT2D eigenvalue weighted by molar-refractivity contribution is -0.154. The highest BCUT2D eigenvalue weighted by Gasteiger charge is 2.30. The molecule has 4 nitrogen and oxygen atoms in total. The van der Waals surface area contributed by atoms with Crippen LogP contribution >= 0.6 is 0 Å². The summed E-state index contributed by atoms with van der Waals surface area (Å²) in [6.07, 6.45) is 2.00. The van der Waals surface area contributed by atoms with Crippen molar-refractivity contribution in [1.82, 2.24) is 4.90 Å². The van der Waals surface area contributed by atoms with Gasteiger partial charge in [0.25, 0.3) is 0 Å². The summed E-state index contributed by atoms with van der Waals surface area (Å²) in [5, 5.41) is 0. The lowest BCUT2D eigenvalue weighted by atomic mass is 10.0. The van der Waals surface area contributed by atoms with Crippen molar-refractivity contribution in [2.24, 2.45) is 0 Å². The van der Waals surface area contributed by atoms with Gasteiger partial charge in [-0.2, -0.15) is 0 Å². The molecular weight excluding hydrogens is 302 g/mol. The number of amides is 1. The minimum absolute atomic E-state index is 0.0949. The molecule has 0 heterocycles. The number of carbonyl (C=O) groups is 2. The van der Waals surface area contributed by atoms with Gasteiger partial charge in [-0.1, -0.05) is 44.2 Å². The Morgan fingerprint density at radius 2 is 1.62 bits per heavy atom. The molecule has 0 aliphatic heterocycles. The van der Waals surface area contributed by atoms with Crippen LogP contribution in [0.5, 0.6) is 0 Å². The number of carbonyl (C=O) groups excluding carboxylic acids is 2. The van der Waals surface area contributed by atoms with Crippen molar-refractivity contribution in [2.75, 3.05) is 6.54 Å². The van der Waals surface area contributed by atoms with E-state index in [9.17, 15) is 9.59 Å². The van der Waals surface area contributed by atoms with Gasteiger partial charge in [-0.25, -0.2) is 0 Å². The highest BCUT2D eigenvalue weighted by molar-refractivity contribution is 5.77. The molecule has 24 heavy (non-hydrogen) atoms. The summed E-state index contributed by atoms with van der Waals surface area (Å²) in [4.78, 5) is 26.4. The van der Waals surface area contributed by atoms with Gasteiger partial charge in [-0.15, -0.1) is 0 Å². The Morgan fingerprint density at radius 3 is 2.12 bits per heavy atom. The van der Waals surface area contributed by atoms with Gasteiger partial charge in [-0.3, -0.25) is 9.59 Å². The van der Waals surface area contributed by atoms with Crippen LogP contribution in [0.3, 0.4) is 0 Å². The summed E-state index contributed by atoms with van der Waals surface area (Å²) in [6.45, 7) is 10.4. The largest absolute Gasteiger partial charge is 0.456 e. The Morgan fingerprint density at radius 1 is 1.04 bits per heavy atom. The van der Waals surface area contributed by atoms with Gasteiger partial charge in [0.2, 0.25) is 5.91 Å². The maximum absolute atomic E-state index is 12.6. The third kappa shape index (κ3) is 6.34. The molecule has 134 valence electrons. The summed E-state index contributed by atoms with van der Waals surface area (Å²) >= 11 is 0. The van der Waals surface area contributed by atoms with Crippen LogP contribution in [0.15, 0.2) is 30.3 Å². The number of nitrogens with zero attached hydrogens (tertiary/aromatic N) is 1. The molecule has 1 aromatic rings. The number of hydrogen-bond donors (Lipinski definition) is 0. The Hall–Kier alpha value is -1.84. The third-order valence-electron chi connectivity index (χ3n) is 3.82. The molecule has 1 rings (SSSR count). The van der Waals surface area contributed by atoms with Crippen LogP contribution in [-0.4, -0.2) is 28.9 Å². The van der Waals surface area contributed by atoms with Crippen molar-refractivity contribution in [3.05, 3.63) is 35.9 Å². The molecule has 0 aromatic heterocycles. The number of esters is 1. The molecule has 0 radical (unpaired) electrons. The Labute approximate surface area is 146 Å². The first kappa shape index (κ1) is 20.2. The molecule has 0 bridgehead atoms. The second-order valence-electron chi connectivity index (χ2n) is 7.06. The summed E-state index contributed by atoms with van der Waals surface area (Å²) < 4.78 is 5.70. The highest BCUT2D eigenvalue weighted by atomic mass is 16.5. The van der Waals surface area contributed by atoms with Crippen LogP contribution in [0.25, 0.3) is 0 Å². The summed E-state index contributed by atoms with van der Waals surface area (Å²) in [5.74, 6) is -0.124. The summed E-state index contributed by atoms with van der Waals surface area (Å²) in [5.41, 5.74) is 0.594. The van der Waals surface area contributed by atoms with E-state index in [0.29, 0.717) is 19.4 Å². The summed E-state index contributed by atoms with van der Waals surface area (Å²) in [6, 6.07) is 9.65. The SMILES string of the molecule is CCCC(=O)OC(CN(C(=O)CCC)C(C)(C)C)c1ccccc1. The van der Waals surface area contributed by atoms with E-state index in [1.54, 1.807) is 0 Å². The third-order valence-corrected chi connectivity index (χ3v) is 3.82. The van der Waals surface area contributed by atoms with E-state index in [2.05, 4.69) is 0 Å². The number of hydrogen-bond acceptors (Lipinski definition) is 3. The molecular formula is C20H31NO3. The first-order valence-corrected chi connectivity index (χ1v) is 8.84. The molecule has 0 saturated heterocycles. The van der Waals surface area contributed by atoms with E-state index in [-0.39, 0.29) is 17.4 Å². The molecule has 1 aromatic carbocycles. The topological polar surface area (TPSA) is 46.6 Å². The summed E-state index contributed by atoms with van der Waals surface area (Å²) in [7, 11) is 0. The number of ether oxygens (including phenoxy) is 1. The molecule has 1 unspecified atom stereocenters. The fraction of sp³-hybridized carbons (Fsp3) is 0.600. The fourth-order valence-corrected chi connectivity index (χ4v) is 2.56. The van der Waals surface area contributed by atoms with Crippen molar-refractivity contribution in [3.63, 3.8) is 0 Å². The minimum atomic E-state index is -0.440. The molecule has 0 saturated carbocycles. The first-order chi connectivity index (χ1) is 11.3. The van der Waals surface area contributed by atoms with Crippen molar-refractivity contribution >= 4 is 11.9 Å². The van der Waals surface area contributed by atoms with E-state index in [1.165, 1.54) is 0 Å². The maximum Gasteiger partial charge on any atom is 0.306 e. The van der Waals surface area contributed by atoms with Gasteiger partial charge < -0.3 is 9.64 Å². The predicted molar refractivity (Wildman–Crippen MR) is 96.6 cm³/mol. The maximum atomic E-state index is 12.6. The van der Waals surface area contributed by atoms with Crippen LogP contribution in [0.4, 0.5) is 0 Å². The smallest absolute Gasteiger partial charge is 0.306 e. The van der Waals surface area contributed by atoms with Crippen LogP contribution in [-0.2, 0) is 14.3 Å². The normalized spacial score (nSPS) is 12.5. The van der Waals surface area contributed by atoms with Crippen LogP contribution in [0.2, 0.25) is 0 Å². The molecule has 0 spiro atoms. The van der Waals surface area contributed by atoms with Gasteiger partial charge >= 0.3 is 5.97 Å². The molecule has 0 fully saturated rings. The van der Waals surface area contributed by atoms with Crippen LogP contribution in [0.1, 0.15) is 72.0 Å². The second kappa shape index (κ2) is 9.45. The van der Waals surface area contributed by atoms with Crippen molar-refractivity contribution in [2.45, 2.75) is 71.9 Å². The van der Waals surface area contributed by atoms with Gasteiger partial charge in [0, 0.05) is 18.4 Å². The van der Waals surface area contributed by atoms with Crippen molar-refractivity contribution in [1.29, 1.82) is 0 Å². The van der Waals surface area contributed by atoms with E-state index < -0.39 is 6.10 Å². The van der Waals surface area contributed by atoms with Gasteiger partial charge in [0.1, 0.15) is 6.10 Å². The van der Waals surface area contributed by atoms with E-state index in [0.717, 1.165) is 18.4 Å². The number of rotatable bonds is 8. The van der Waals surface area contributed by atoms with Crippen molar-refractivity contribution < 1.29 is 14.3 Å². The monoisotopic (exact) mass is 333 g/mol. The lowest BCUT2D eigenvalue weighted by Gasteiger charge is -2.38. The van der Waals surface area contributed by atoms with E-state index in [1.807, 2.05) is 69.9 Å². The van der Waals surface area contributed by atoms with Crippen LogP contribution < -0.4 is 0 Å². The molecule has 0 N–H and O–H groups in total. The zero-order valence-corrected chi connectivity index (χ0v) is 15.7. The Kier molecular flexibility index (Phi) is 7.96. The van der Waals surface area contributed by atoms with E-state index >= 15 is 0 Å². The molecule has 0 aliphatic carbocycles. The standard InChI is InChI=1S/C20H31NO3/c1-6-11-18(22)21(20(3,4)5)15-17(24-19(23)12-7-2)16-13-9-8-10-14-16/h8-10,13-14,17H,6-7,11-12,15H2,1-5H3.